The van der Waals surface area contributed by atoms with Crippen LogP contribution in [0.25, 0.3) is 16.7 Å². The summed E-state index contributed by atoms with van der Waals surface area (Å²) in [6.07, 6.45) is -3.44. The van der Waals surface area contributed by atoms with E-state index in [2.05, 4.69) is 6.58 Å². The van der Waals surface area contributed by atoms with E-state index in [-0.39, 0.29) is 24.0 Å². The Morgan fingerprint density at radius 1 is 1.22 bits per heavy atom. The van der Waals surface area contributed by atoms with Gasteiger partial charge in [-0.1, -0.05) is 19.6 Å². The van der Waals surface area contributed by atoms with Gasteiger partial charge >= 0.3 is 12.3 Å². The number of nitrogens with zero attached hydrogens (tertiary/aromatic N) is 1. The Balaban J connectivity index is 1.94. The Hall–Kier alpha value is -3.03. The first-order valence-corrected chi connectivity index (χ1v) is 10.4. The zero-order valence-electron chi connectivity index (χ0n) is 17.8. The van der Waals surface area contributed by atoms with Gasteiger partial charge in [-0.05, 0) is 54.2 Å². The highest BCUT2D eigenvalue weighted by Crippen LogP contribution is 2.47. The lowest BCUT2D eigenvalue weighted by atomic mass is 9.89. The van der Waals surface area contributed by atoms with Gasteiger partial charge in [-0.2, -0.15) is 13.2 Å². The monoisotopic (exact) mass is 449 g/mol. The summed E-state index contributed by atoms with van der Waals surface area (Å²) >= 11 is 0. The number of benzene rings is 2. The zero-order chi connectivity index (χ0) is 23.2. The molecule has 32 heavy (non-hydrogen) atoms. The summed E-state index contributed by atoms with van der Waals surface area (Å²) in [5.74, 6) is -0.329. The van der Waals surface area contributed by atoms with E-state index in [1.807, 2.05) is 6.92 Å². The summed E-state index contributed by atoms with van der Waals surface area (Å²) < 4.78 is 65.8. The summed E-state index contributed by atoms with van der Waals surface area (Å²) in [4.78, 5) is 13.8. The highest BCUT2D eigenvalue weighted by atomic mass is 19.4. The number of alkyl halides is 3. The SMILES string of the molecule is C=C(CC)c1cc(-c2ccc(C(F)(F)F)cc2C2CCC3COC(=O)N32)c(OC)cc1F. The van der Waals surface area contributed by atoms with Crippen LogP contribution in [-0.2, 0) is 10.9 Å². The normalized spacial score (nSPS) is 20.3. The van der Waals surface area contributed by atoms with E-state index >= 15 is 0 Å². The van der Waals surface area contributed by atoms with Crippen LogP contribution in [0.1, 0.15) is 48.9 Å². The van der Waals surface area contributed by atoms with Crippen molar-refractivity contribution < 1.29 is 31.8 Å². The molecule has 2 heterocycles. The number of amides is 1. The molecule has 2 aromatic carbocycles. The maximum Gasteiger partial charge on any atom is 0.416 e. The first kappa shape index (κ1) is 22.2. The molecule has 0 aliphatic carbocycles. The predicted molar refractivity (Wildman–Crippen MR) is 112 cm³/mol. The minimum Gasteiger partial charge on any atom is -0.496 e. The molecule has 2 atom stereocenters. The van der Waals surface area contributed by atoms with Gasteiger partial charge in [0.05, 0.1) is 24.8 Å². The predicted octanol–water partition coefficient (Wildman–Crippen LogP) is 6.60. The van der Waals surface area contributed by atoms with Crippen LogP contribution in [0.15, 0.2) is 36.9 Å². The number of ether oxygens (including phenoxy) is 2. The van der Waals surface area contributed by atoms with Crippen molar-refractivity contribution in [3.63, 3.8) is 0 Å². The van der Waals surface area contributed by atoms with Crippen LogP contribution in [-0.4, -0.2) is 30.8 Å². The molecule has 2 unspecified atom stereocenters. The molecule has 170 valence electrons. The smallest absolute Gasteiger partial charge is 0.416 e. The molecule has 0 aromatic heterocycles. The Morgan fingerprint density at radius 3 is 2.62 bits per heavy atom. The average Bonchev–Trinajstić information content (AvgIpc) is 3.35. The number of allylic oxidation sites excluding steroid dienone is 1. The molecule has 8 heteroatoms. The first-order valence-electron chi connectivity index (χ1n) is 10.4. The molecule has 2 fully saturated rings. The van der Waals surface area contributed by atoms with Gasteiger partial charge in [0.1, 0.15) is 18.2 Å². The van der Waals surface area contributed by atoms with Crippen LogP contribution in [0.3, 0.4) is 0 Å². The van der Waals surface area contributed by atoms with Gasteiger partial charge in [0.15, 0.2) is 0 Å². The summed E-state index contributed by atoms with van der Waals surface area (Å²) in [5.41, 5.74) is 1.25. The lowest BCUT2D eigenvalue weighted by Gasteiger charge is -2.26. The Bertz CT molecular complexity index is 1080. The number of halogens is 4. The molecule has 1 amide bonds. The number of carbonyl (C=O) groups is 1. The van der Waals surface area contributed by atoms with Crippen molar-refractivity contribution in [3.8, 4) is 16.9 Å². The third kappa shape index (κ3) is 3.72. The van der Waals surface area contributed by atoms with Crippen LogP contribution in [0, 0.1) is 5.82 Å². The quantitative estimate of drug-likeness (QED) is 0.483. The van der Waals surface area contributed by atoms with Gasteiger partial charge in [-0.15, -0.1) is 0 Å². The Kier molecular flexibility index (Phi) is 5.65. The van der Waals surface area contributed by atoms with E-state index in [1.165, 1.54) is 24.1 Å². The Morgan fingerprint density at radius 2 is 1.97 bits per heavy atom. The maximum atomic E-state index is 14.7. The fraction of sp³-hybridized carbons (Fsp3) is 0.375. The molecule has 0 bridgehead atoms. The van der Waals surface area contributed by atoms with Crippen LogP contribution < -0.4 is 4.74 Å². The van der Waals surface area contributed by atoms with Crippen molar-refractivity contribution in [3.05, 3.63) is 59.4 Å². The van der Waals surface area contributed by atoms with Crippen molar-refractivity contribution in [2.24, 2.45) is 0 Å². The Labute approximate surface area is 183 Å². The van der Waals surface area contributed by atoms with Crippen molar-refractivity contribution in [1.29, 1.82) is 0 Å². The largest absolute Gasteiger partial charge is 0.496 e. The molecule has 4 rings (SSSR count). The number of cyclic esters (lactones) is 1. The third-order valence-corrected chi connectivity index (χ3v) is 6.24. The second kappa shape index (κ2) is 8.15. The number of carbonyl (C=O) groups excluding carboxylic acids is 1. The summed E-state index contributed by atoms with van der Waals surface area (Å²) in [6.45, 7) is 5.96. The number of rotatable bonds is 5. The van der Waals surface area contributed by atoms with E-state index in [0.717, 1.165) is 12.1 Å². The lowest BCUT2D eigenvalue weighted by Crippen LogP contribution is -2.30. The van der Waals surface area contributed by atoms with Crippen molar-refractivity contribution >= 4 is 11.7 Å². The highest BCUT2D eigenvalue weighted by Gasteiger charge is 2.45. The summed E-state index contributed by atoms with van der Waals surface area (Å²) in [6, 6.07) is 5.45. The number of methoxy groups -OCH3 is 1. The van der Waals surface area contributed by atoms with E-state index in [9.17, 15) is 22.4 Å². The highest BCUT2D eigenvalue weighted by molar-refractivity contribution is 5.80. The first-order chi connectivity index (χ1) is 15.2. The lowest BCUT2D eigenvalue weighted by molar-refractivity contribution is -0.137. The summed E-state index contributed by atoms with van der Waals surface area (Å²) in [5, 5.41) is 0. The average molecular weight is 449 g/mol. The van der Waals surface area contributed by atoms with Gasteiger partial charge < -0.3 is 9.47 Å². The van der Waals surface area contributed by atoms with Gasteiger partial charge in [-0.3, -0.25) is 4.90 Å². The van der Waals surface area contributed by atoms with E-state index < -0.39 is 29.7 Å². The summed E-state index contributed by atoms with van der Waals surface area (Å²) in [7, 11) is 1.37. The van der Waals surface area contributed by atoms with E-state index in [4.69, 9.17) is 9.47 Å². The topological polar surface area (TPSA) is 38.8 Å². The van der Waals surface area contributed by atoms with Gasteiger partial charge in [-0.25, -0.2) is 9.18 Å². The van der Waals surface area contributed by atoms with Crippen LogP contribution in [0.5, 0.6) is 5.75 Å². The molecule has 2 aliphatic heterocycles. The van der Waals surface area contributed by atoms with Gasteiger partial charge in [0, 0.05) is 17.2 Å². The third-order valence-electron chi connectivity index (χ3n) is 6.24. The second-order valence-electron chi connectivity index (χ2n) is 8.02. The molecule has 0 spiro atoms. The molecule has 2 saturated heterocycles. The number of hydrogen-bond acceptors (Lipinski definition) is 3. The second-order valence-corrected chi connectivity index (χ2v) is 8.02. The standard InChI is InChI=1S/C24H23F4NO3/c1-4-13(2)17-10-19(22(31-3)11-20(17)25)16-7-5-14(24(26,27)28)9-18(16)21-8-6-15-12-32-23(30)29(15)21/h5,7,9-11,15,21H,2,4,6,8,12H2,1,3H3. The fourth-order valence-electron chi connectivity index (χ4n) is 4.53. The van der Waals surface area contributed by atoms with Crippen LogP contribution >= 0.6 is 0 Å². The molecule has 0 radical (unpaired) electrons. The fourth-order valence-corrected chi connectivity index (χ4v) is 4.53. The molecule has 2 aromatic rings. The van der Waals surface area contributed by atoms with Gasteiger partial charge in [0.2, 0.25) is 0 Å². The van der Waals surface area contributed by atoms with Crippen molar-refractivity contribution in [2.75, 3.05) is 13.7 Å². The molecule has 4 nitrogen and oxygen atoms in total. The number of hydrogen-bond donors (Lipinski definition) is 0. The van der Waals surface area contributed by atoms with Gasteiger partial charge in [0.25, 0.3) is 0 Å². The van der Waals surface area contributed by atoms with Crippen molar-refractivity contribution in [2.45, 2.75) is 44.4 Å². The minimum atomic E-state index is -4.55. The molecule has 0 saturated carbocycles. The number of fused-ring (bicyclic) bond motifs is 1. The van der Waals surface area contributed by atoms with E-state index in [1.54, 1.807) is 6.07 Å². The van der Waals surface area contributed by atoms with E-state index in [0.29, 0.717) is 41.5 Å². The molecular formula is C24H23F4NO3. The molecule has 2 aliphatic rings. The van der Waals surface area contributed by atoms with Crippen LogP contribution in [0.4, 0.5) is 22.4 Å². The van der Waals surface area contributed by atoms with Crippen LogP contribution in [0.2, 0.25) is 0 Å². The molecule has 0 N–H and O–H groups in total. The minimum absolute atomic E-state index is 0.166. The van der Waals surface area contributed by atoms with Crippen molar-refractivity contribution in [1.82, 2.24) is 4.90 Å². The molecular weight excluding hydrogens is 426 g/mol. The zero-order valence-corrected chi connectivity index (χ0v) is 17.8. The maximum absolute atomic E-state index is 14.7.